The fourth-order valence-corrected chi connectivity index (χ4v) is 2.79. The van der Waals surface area contributed by atoms with Crippen LogP contribution in [0.2, 0.25) is 0 Å². The van der Waals surface area contributed by atoms with E-state index in [0.29, 0.717) is 5.75 Å². The van der Waals surface area contributed by atoms with Gasteiger partial charge in [-0.25, -0.2) is 4.57 Å². The number of aliphatic carboxylic acids is 1. The third-order valence-electron chi connectivity index (χ3n) is 4.40. The second-order valence-corrected chi connectivity index (χ2v) is 6.68. The molecule has 12 heteroatoms. The van der Waals surface area contributed by atoms with E-state index in [0.717, 1.165) is 10.1 Å². The summed E-state index contributed by atoms with van der Waals surface area (Å²) in [6.07, 6.45) is 2.88. The molecule has 0 spiro atoms. The molecule has 2 aromatic rings. The molecule has 0 aliphatic carbocycles. The SMILES string of the molecule is NC(Cc1ccc(OCCN(CCCF)C(=O)Cn2ccnc2[N+](=O)[O-])cc1)C(=O)O. The number of carboxylic acids is 1. The molecule has 1 heterocycles. The maximum Gasteiger partial charge on any atom is 0.435 e. The molecule has 0 fully saturated rings. The lowest BCUT2D eigenvalue weighted by atomic mass is 10.1. The van der Waals surface area contributed by atoms with E-state index in [4.69, 9.17) is 15.6 Å². The highest BCUT2D eigenvalue weighted by Gasteiger charge is 2.21. The standard InChI is InChI=1S/C19H24FN5O6/c20-6-1-8-23(17(26)13-24-9-7-22-19(24)25(29)30)10-11-31-15-4-2-14(3-5-15)12-16(21)18(27)28/h2-5,7,9,16H,1,6,8,10-13,21H2,(H,27,28). The van der Waals surface area contributed by atoms with E-state index in [9.17, 15) is 24.1 Å². The number of nitrogens with zero attached hydrogens (tertiary/aromatic N) is 4. The van der Waals surface area contributed by atoms with Crippen molar-refractivity contribution in [1.29, 1.82) is 0 Å². The predicted molar refractivity (Wildman–Crippen MR) is 107 cm³/mol. The average Bonchev–Trinajstić information content (AvgIpc) is 3.20. The van der Waals surface area contributed by atoms with Gasteiger partial charge >= 0.3 is 11.9 Å². The van der Waals surface area contributed by atoms with Gasteiger partial charge in [0.1, 0.15) is 30.8 Å². The summed E-state index contributed by atoms with van der Waals surface area (Å²) in [5.74, 6) is -1.44. The van der Waals surface area contributed by atoms with Gasteiger partial charge in [-0.2, -0.15) is 0 Å². The monoisotopic (exact) mass is 437 g/mol. The number of rotatable bonds is 13. The van der Waals surface area contributed by atoms with Crippen LogP contribution in [0.1, 0.15) is 12.0 Å². The normalized spacial score (nSPS) is 11.7. The van der Waals surface area contributed by atoms with Crippen LogP contribution in [-0.4, -0.2) is 68.8 Å². The molecule has 1 amide bonds. The van der Waals surface area contributed by atoms with E-state index in [1.165, 1.54) is 17.3 Å². The minimum atomic E-state index is -1.08. The van der Waals surface area contributed by atoms with E-state index < -0.39 is 35.5 Å². The largest absolute Gasteiger partial charge is 0.492 e. The third-order valence-corrected chi connectivity index (χ3v) is 4.40. The number of halogens is 1. The fraction of sp³-hybridized carbons (Fsp3) is 0.421. The first-order valence-corrected chi connectivity index (χ1v) is 9.51. The van der Waals surface area contributed by atoms with Crippen LogP contribution in [-0.2, 0) is 22.6 Å². The van der Waals surface area contributed by atoms with Gasteiger partial charge in [0.2, 0.25) is 0 Å². The topological polar surface area (TPSA) is 154 Å². The maximum atomic E-state index is 12.6. The Labute approximate surface area is 177 Å². The molecule has 1 aromatic carbocycles. The molecule has 1 aromatic heterocycles. The Hall–Kier alpha value is -3.54. The number of aromatic nitrogens is 2. The number of amides is 1. The zero-order valence-corrected chi connectivity index (χ0v) is 16.7. The second kappa shape index (κ2) is 11.6. The smallest absolute Gasteiger partial charge is 0.435 e. The molecule has 11 nitrogen and oxygen atoms in total. The summed E-state index contributed by atoms with van der Waals surface area (Å²) in [5.41, 5.74) is 6.24. The summed E-state index contributed by atoms with van der Waals surface area (Å²) in [6.45, 7) is -0.463. The first-order valence-electron chi connectivity index (χ1n) is 9.51. The summed E-state index contributed by atoms with van der Waals surface area (Å²) in [7, 11) is 0. The van der Waals surface area contributed by atoms with Crippen LogP contribution in [0.25, 0.3) is 0 Å². The van der Waals surface area contributed by atoms with Crippen LogP contribution in [0.15, 0.2) is 36.7 Å². The molecule has 168 valence electrons. The Morgan fingerprint density at radius 3 is 2.65 bits per heavy atom. The molecule has 0 bridgehead atoms. The van der Waals surface area contributed by atoms with E-state index in [1.807, 2.05) is 0 Å². The van der Waals surface area contributed by atoms with E-state index in [2.05, 4.69) is 4.98 Å². The molecular weight excluding hydrogens is 413 g/mol. The van der Waals surface area contributed by atoms with Crippen LogP contribution in [0, 0.1) is 10.1 Å². The Morgan fingerprint density at radius 2 is 2.03 bits per heavy atom. The highest BCUT2D eigenvalue weighted by molar-refractivity contribution is 5.76. The highest BCUT2D eigenvalue weighted by Crippen LogP contribution is 2.14. The third kappa shape index (κ3) is 7.33. The van der Waals surface area contributed by atoms with Crippen molar-refractivity contribution in [2.45, 2.75) is 25.4 Å². The Bertz CT molecular complexity index is 888. The van der Waals surface area contributed by atoms with Crippen molar-refractivity contribution in [3.8, 4) is 5.75 Å². The van der Waals surface area contributed by atoms with Gasteiger partial charge in [0.15, 0.2) is 6.54 Å². The van der Waals surface area contributed by atoms with Crippen LogP contribution in [0.5, 0.6) is 5.75 Å². The number of imidazole rings is 1. The first kappa shape index (κ1) is 23.7. The lowest BCUT2D eigenvalue weighted by molar-refractivity contribution is -0.396. The number of carbonyl (C=O) groups is 2. The van der Waals surface area contributed by atoms with Crippen molar-refractivity contribution in [3.63, 3.8) is 0 Å². The van der Waals surface area contributed by atoms with Crippen molar-refractivity contribution in [2.75, 3.05) is 26.4 Å². The Morgan fingerprint density at radius 1 is 1.32 bits per heavy atom. The highest BCUT2D eigenvalue weighted by atomic mass is 19.1. The zero-order valence-electron chi connectivity index (χ0n) is 16.7. The summed E-state index contributed by atoms with van der Waals surface area (Å²) in [4.78, 5) is 38.6. The van der Waals surface area contributed by atoms with E-state index in [-0.39, 0.29) is 39.1 Å². The molecule has 0 saturated heterocycles. The number of carboxylic acid groups (broad SMARTS) is 1. The molecule has 1 atom stereocenters. The van der Waals surface area contributed by atoms with Gasteiger partial charge in [-0.15, -0.1) is 0 Å². The molecule has 3 N–H and O–H groups in total. The van der Waals surface area contributed by atoms with Crippen molar-refractivity contribution in [1.82, 2.24) is 14.5 Å². The Kier molecular flexibility index (Phi) is 8.88. The second-order valence-electron chi connectivity index (χ2n) is 6.68. The van der Waals surface area contributed by atoms with Gasteiger partial charge < -0.3 is 30.6 Å². The zero-order chi connectivity index (χ0) is 22.8. The number of carbonyl (C=O) groups excluding carboxylic acids is 1. The summed E-state index contributed by atoms with van der Waals surface area (Å²) in [5, 5.41) is 19.8. The molecule has 2 rings (SSSR count). The number of nitro groups is 1. The van der Waals surface area contributed by atoms with Crippen molar-refractivity contribution >= 4 is 17.8 Å². The van der Waals surface area contributed by atoms with E-state index >= 15 is 0 Å². The molecule has 0 saturated carbocycles. The number of ether oxygens (including phenoxy) is 1. The average molecular weight is 437 g/mol. The minimum Gasteiger partial charge on any atom is -0.492 e. The molecule has 1 unspecified atom stereocenters. The van der Waals surface area contributed by atoms with Crippen molar-refractivity contribution in [2.24, 2.45) is 5.73 Å². The van der Waals surface area contributed by atoms with Gasteiger partial charge in [-0.3, -0.25) is 14.0 Å². The maximum absolute atomic E-state index is 12.6. The first-order chi connectivity index (χ1) is 14.8. The number of benzene rings is 1. The minimum absolute atomic E-state index is 0.123. The molecule has 0 aliphatic heterocycles. The van der Waals surface area contributed by atoms with Gasteiger partial charge in [-0.05, 0) is 35.5 Å². The number of hydrogen-bond acceptors (Lipinski definition) is 7. The summed E-state index contributed by atoms with van der Waals surface area (Å²) >= 11 is 0. The van der Waals surface area contributed by atoms with Gasteiger partial charge in [0, 0.05) is 6.54 Å². The summed E-state index contributed by atoms with van der Waals surface area (Å²) < 4.78 is 19.3. The quantitative estimate of drug-likeness (QED) is 0.348. The van der Waals surface area contributed by atoms with Gasteiger partial charge in [0.25, 0.3) is 5.91 Å². The molecule has 0 radical (unpaired) electrons. The molecule has 31 heavy (non-hydrogen) atoms. The fourth-order valence-electron chi connectivity index (χ4n) is 2.79. The lowest BCUT2D eigenvalue weighted by Gasteiger charge is -2.22. The van der Waals surface area contributed by atoms with Crippen LogP contribution in [0.3, 0.4) is 0 Å². The van der Waals surface area contributed by atoms with E-state index in [1.54, 1.807) is 24.3 Å². The number of alkyl halides is 1. The van der Waals surface area contributed by atoms with Crippen LogP contribution in [0.4, 0.5) is 10.3 Å². The van der Waals surface area contributed by atoms with Gasteiger partial charge in [0.05, 0.1) is 13.2 Å². The molecular formula is C19H24FN5O6. The van der Waals surface area contributed by atoms with Crippen LogP contribution < -0.4 is 10.5 Å². The van der Waals surface area contributed by atoms with Crippen molar-refractivity contribution < 1.29 is 28.7 Å². The lowest BCUT2D eigenvalue weighted by Crippen LogP contribution is -2.38. The molecule has 0 aliphatic rings. The van der Waals surface area contributed by atoms with Crippen LogP contribution >= 0.6 is 0 Å². The predicted octanol–water partition coefficient (Wildman–Crippen LogP) is 1.01. The number of hydrogen-bond donors (Lipinski definition) is 2. The summed E-state index contributed by atoms with van der Waals surface area (Å²) in [6, 6.07) is 5.72. The number of nitrogens with two attached hydrogens (primary N) is 1. The van der Waals surface area contributed by atoms with Gasteiger partial charge in [-0.1, -0.05) is 17.1 Å². The van der Waals surface area contributed by atoms with Crippen molar-refractivity contribution in [3.05, 3.63) is 52.3 Å². The Balaban J connectivity index is 1.91.